The second-order valence-corrected chi connectivity index (χ2v) is 4.41. The van der Waals surface area contributed by atoms with Crippen LogP contribution in [0.25, 0.3) is 6.08 Å². The molecule has 0 bridgehead atoms. The van der Waals surface area contributed by atoms with Crippen LogP contribution in [-0.4, -0.2) is 0 Å². The fourth-order valence-electron chi connectivity index (χ4n) is 1.94. The molecule has 0 amide bonds. The van der Waals surface area contributed by atoms with E-state index in [2.05, 4.69) is 37.4 Å². The van der Waals surface area contributed by atoms with E-state index in [1.165, 1.54) is 11.3 Å². The van der Waals surface area contributed by atoms with Crippen LogP contribution < -0.4 is 0 Å². The molecule has 0 fully saturated rings. The van der Waals surface area contributed by atoms with Crippen molar-refractivity contribution in [3.63, 3.8) is 0 Å². The maximum absolute atomic E-state index is 2.36. The smallest absolute Gasteiger partial charge is 0.0302 e. The van der Waals surface area contributed by atoms with Crippen LogP contribution in [0.4, 0.5) is 0 Å². The molecular weight excluding hydrogens is 164 g/mol. The van der Waals surface area contributed by atoms with Crippen molar-refractivity contribution in [2.24, 2.45) is 5.92 Å². The van der Waals surface area contributed by atoms with Crippen molar-refractivity contribution < 1.29 is 0 Å². The van der Waals surface area contributed by atoms with Crippen LogP contribution in [0.15, 0.2) is 17.5 Å². The van der Waals surface area contributed by atoms with Gasteiger partial charge in [0.05, 0.1) is 0 Å². The Morgan fingerprint density at radius 1 is 1.50 bits per heavy atom. The Balaban J connectivity index is 2.38. The van der Waals surface area contributed by atoms with Crippen molar-refractivity contribution in [3.8, 4) is 0 Å². The van der Waals surface area contributed by atoms with Crippen LogP contribution in [-0.2, 0) is 0 Å². The van der Waals surface area contributed by atoms with E-state index in [9.17, 15) is 0 Å². The Morgan fingerprint density at radius 2 is 2.33 bits per heavy atom. The van der Waals surface area contributed by atoms with Gasteiger partial charge < -0.3 is 0 Å². The van der Waals surface area contributed by atoms with Gasteiger partial charge in [0, 0.05) is 4.88 Å². The summed E-state index contributed by atoms with van der Waals surface area (Å²) in [5.41, 5.74) is 1.55. The van der Waals surface area contributed by atoms with Gasteiger partial charge in [-0.1, -0.05) is 19.9 Å². The van der Waals surface area contributed by atoms with Gasteiger partial charge in [0.1, 0.15) is 0 Å². The molecule has 0 radical (unpaired) electrons. The van der Waals surface area contributed by atoms with Crippen molar-refractivity contribution >= 4 is 17.4 Å². The quantitative estimate of drug-likeness (QED) is 0.611. The molecule has 1 aromatic heterocycles. The van der Waals surface area contributed by atoms with Gasteiger partial charge >= 0.3 is 0 Å². The third kappa shape index (κ3) is 1.13. The van der Waals surface area contributed by atoms with E-state index < -0.39 is 0 Å². The molecule has 1 heteroatoms. The highest BCUT2D eigenvalue weighted by Gasteiger charge is 2.21. The van der Waals surface area contributed by atoms with Crippen LogP contribution in [0.5, 0.6) is 0 Å². The molecule has 1 aliphatic rings. The predicted molar refractivity (Wildman–Crippen MR) is 55.5 cm³/mol. The summed E-state index contributed by atoms with van der Waals surface area (Å²) in [4.78, 5) is 1.47. The molecule has 1 heterocycles. The highest BCUT2D eigenvalue weighted by molar-refractivity contribution is 7.11. The summed E-state index contributed by atoms with van der Waals surface area (Å²) in [5, 5.41) is 2.20. The fourth-order valence-corrected chi connectivity index (χ4v) is 2.85. The molecule has 0 aliphatic heterocycles. The van der Waals surface area contributed by atoms with Gasteiger partial charge in [0.2, 0.25) is 0 Å². The van der Waals surface area contributed by atoms with E-state index in [0.717, 1.165) is 11.8 Å². The van der Waals surface area contributed by atoms with Crippen LogP contribution >= 0.6 is 11.3 Å². The third-order valence-corrected chi connectivity index (χ3v) is 3.72. The normalized spacial score (nSPS) is 27.2. The maximum atomic E-state index is 2.36. The van der Waals surface area contributed by atoms with E-state index in [-0.39, 0.29) is 0 Å². The van der Waals surface area contributed by atoms with Gasteiger partial charge in [0.15, 0.2) is 0 Å². The minimum absolute atomic E-state index is 0.723. The molecule has 0 saturated heterocycles. The van der Waals surface area contributed by atoms with Crippen LogP contribution in [0, 0.1) is 5.92 Å². The van der Waals surface area contributed by atoms with E-state index in [0.29, 0.717) is 0 Å². The lowest BCUT2D eigenvalue weighted by Crippen LogP contribution is -2.09. The minimum atomic E-state index is 0.723. The Kier molecular flexibility index (Phi) is 2.05. The van der Waals surface area contributed by atoms with Gasteiger partial charge in [-0.05, 0) is 41.3 Å². The lowest BCUT2D eigenvalue weighted by Gasteiger charge is -2.23. The van der Waals surface area contributed by atoms with Crippen molar-refractivity contribution in [1.82, 2.24) is 0 Å². The highest BCUT2D eigenvalue weighted by Crippen LogP contribution is 2.37. The third-order valence-electron chi connectivity index (χ3n) is 2.83. The first-order valence-corrected chi connectivity index (χ1v) is 5.46. The lowest BCUT2D eigenvalue weighted by atomic mass is 9.82. The summed E-state index contributed by atoms with van der Waals surface area (Å²) in [5.74, 6) is 1.48. The van der Waals surface area contributed by atoms with Crippen LogP contribution in [0.2, 0.25) is 0 Å². The minimum Gasteiger partial charge on any atom is -0.144 e. The summed E-state index contributed by atoms with van der Waals surface area (Å²) in [6, 6.07) is 2.27. The average molecular weight is 178 g/mol. The topological polar surface area (TPSA) is 0 Å². The van der Waals surface area contributed by atoms with Crippen molar-refractivity contribution in [1.29, 1.82) is 0 Å². The van der Waals surface area contributed by atoms with Gasteiger partial charge in [0.25, 0.3) is 0 Å². The summed E-state index contributed by atoms with van der Waals surface area (Å²) in [6.45, 7) is 4.60. The van der Waals surface area contributed by atoms with E-state index in [1.807, 2.05) is 11.3 Å². The molecule has 1 aromatic rings. The maximum Gasteiger partial charge on any atom is 0.0302 e. The molecule has 2 unspecified atom stereocenters. The Bertz CT molecular complexity index is 296. The first kappa shape index (κ1) is 8.06. The second kappa shape index (κ2) is 3.06. The molecule has 0 saturated carbocycles. The van der Waals surface area contributed by atoms with Gasteiger partial charge in [-0.25, -0.2) is 0 Å². The number of fused-ring (bicyclic) bond motifs is 1. The largest absolute Gasteiger partial charge is 0.144 e. The molecule has 0 nitrogen and oxygen atoms in total. The van der Waals surface area contributed by atoms with Crippen LogP contribution in [0.3, 0.4) is 0 Å². The molecule has 0 spiro atoms. The van der Waals surface area contributed by atoms with Gasteiger partial charge in [-0.3, -0.25) is 0 Å². The zero-order valence-electron chi connectivity index (χ0n) is 7.58. The van der Waals surface area contributed by atoms with E-state index >= 15 is 0 Å². The summed E-state index contributed by atoms with van der Waals surface area (Å²) >= 11 is 1.85. The zero-order valence-corrected chi connectivity index (χ0v) is 8.40. The molecule has 2 rings (SSSR count). The van der Waals surface area contributed by atoms with Gasteiger partial charge in [-0.15, -0.1) is 11.3 Å². The molecule has 2 atom stereocenters. The Labute approximate surface area is 77.9 Å². The van der Waals surface area contributed by atoms with Crippen molar-refractivity contribution in [2.45, 2.75) is 26.2 Å². The number of hydrogen-bond donors (Lipinski definition) is 0. The molecule has 0 N–H and O–H groups in total. The standard InChI is InChI=1S/C11H14S/c1-3-9-4-5-11-10(8(9)2)6-7-12-11/h4-9H,3H2,1-2H3. The SMILES string of the molecule is CCC1C=Cc2sccc2C1C. The molecular formula is C11H14S. The number of allylic oxidation sites excluding steroid dienone is 1. The van der Waals surface area contributed by atoms with E-state index in [4.69, 9.17) is 0 Å². The number of thiophene rings is 1. The summed E-state index contributed by atoms with van der Waals surface area (Å²) in [7, 11) is 0. The van der Waals surface area contributed by atoms with Crippen molar-refractivity contribution in [3.05, 3.63) is 28.0 Å². The summed E-state index contributed by atoms with van der Waals surface area (Å²) in [6.07, 6.45) is 5.91. The Morgan fingerprint density at radius 3 is 3.08 bits per heavy atom. The molecule has 12 heavy (non-hydrogen) atoms. The van der Waals surface area contributed by atoms with E-state index in [1.54, 1.807) is 5.56 Å². The molecule has 0 aromatic carbocycles. The summed E-state index contributed by atoms with van der Waals surface area (Å²) < 4.78 is 0. The highest BCUT2D eigenvalue weighted by atomic mass is 32.1. The number of hydrogen-bond acceptors (Lipinski definition) is 1. The van der Waals surface area contributed by atoms with Crippen LogP contribution in [0.1, 0.15) is 36.6 Å². The zero-order chi connectivity index (χ0) is 8.55. The molecule has 64 valence electrons. The Hall–Kier alpha value is -0.560. The molecule has 1 aliphatic carbocycles. The monoisotopic (exact) mass is 178 g/mol. The van der Waals surface area contributed by atoms with Crippen molar-refractivity contribution in [2.75, 3.05) is 0 Å². The first-order valence-electron chi connectivity index (χ1n) is 4.58. The van der Waals surface area contributed by atoms with Gasteiger partial charge in [-0.2, -0.15) is 0 Å². The fraction of sp³-hybridized carbons (Fsp3) is 0.455. The predicted octanol–water partition coefficient (Wildman–Crippen LogP) is 3.90. The first-order chi connectivity index (χ1) is 5.83. The lowest BCUT2D eigenvalue weighted by molar-refractivity contribution is 0.523. The second-order valence-electron chi connectivity index (χ2n) is 3.46. The average Bonchev–Trinajstić information content (AvgIpc) is 2.53. The number of rotatable bonds is 1.